The summed E-state index contributed by atoms with van der Waals surface area (Å²) in [5.74, 6) is 0.141. The van der Waals surface area contributed by atoms with Crippen LogP contribution in [0.2, 0.25) is 5.02 Å². The molecule has 0 N–H and O–H groups in total. The quantitative estimate of drug-likeness (QED) is 0.410. The first-order chi connectivity index (χ1) is 11.0. The lowest BCUT2D eigenvalue weighted by Crippen LogP contribution is -2.07. The fourth-order valence-electron chi connectivity index (χ4n) is 2.37. The van der Waals surface area contributed by atoms with Crippen LogP contribution in [-0.4, -0.2) is 10.5 Å². The molecule has 0 unspecified atom stereocenters. The first-order valence-electron chi connectivity index (χ1n) is 6.96. The second-order valence-corrected chi connectivity index (χ2v) is 6.65. The maximum absolute atomic E-state index is 11.4. The van der Waals surface area contributed by atoms with E-state index in [2.05, 4.69) is 22.6 Å². The highest BCUT2D eigenvalue weighted by Gasteiger charge is 2.14. The van der Waals surface area contributed by atoms with Gasteiger partial charge < -0.3 is 4.74 Å². The van der Waals surface area contributed by atoms with Crippen molar-refractivity contribution in [3.05, 3.63) is 69.3 Å². The maximum atomic E-state index is 11.4. The van der Waals surface area contributed by atoms with Crippen LogP contribution in [0.5, 0.6) is 5.88 Å². The summed E-state index contributed by atoms with van der Waals surface area (Å²) in [4.78, 5) is 11.4. The third-order valence-corrected chi connectivity index (χ3v) is 4.22. The molecule has 3 aromatic rings. The molecule has 1 aromatic heterocycles. The molecule has 1 heterocycles. The lowest BCUT2D eigenvalue weighted by Gasteiger charge is -2.13. The van der Waals surface area contributed by atoms with Crippen molar-refractivity contribution in [2.45, 2.75) is 6.92 Å². The average molecular weight is 438 g/mol. The van der Waals surface area contributed by atoms with Gasteiger partial charge in [0, 0.05) is 21.6 Å². The minimum atomic E-state index is -0.349. The topological polar surface area (TPSA) is 31.2 Å². The molecule has 0 bridgehead atoms. The van der Waals surface area contributed by atoms with E-state index >= 15 is 0 Å². The summed E-state index contributed by atoms with van der Waals surface area (Å²) in [6, 6.07) is 19.3. The normalized spacial score (nSPS) is 10.6. The van der Waals surface area contributed by atoms with Crippen molar-refractivity contribution in [2.24, 2.45) is 0 Å². The van der Waals surface area contributed by atoms with E-state index in [-0.39, 0.29) is 5.97 Å². The number of ether oxygens (including phenoxy) is 1. The van der Waals surface area contributed by atoms with Crippen molar-refractivity contribution >= 4 is 40.2 Å². The van der Waals surface area contributed by atoms with E-state index in [1.54, 1.807) is 6.07 Å². The molecule has 0 fully saturated rings. The number of hydrogen-bond acceptors (Lipinski definition) is 2. The summed E-state index contributed by atoms with van der Waals surface area (Å²) in [7, 11) is 0. The van der Waals surface area contributed by atoms with Crippen molar-refractivity contribution in [1.29, 1.82) is 0 Å². The molecule has 0 spiro atoms. The number of nitrogens with zero attached hydrogens (tertiary/aromatic N) is 1. The van der Waals surface area contributed by atoms with Gasteiger partial charge in [0.15, 0.2) is 0 Å². The van der Waals surface area contributed by atoms with Crippen LogP contribution in [0.4, 0.5) is 0 Å². The van der Waals surface area contributed by atoms with Crippen molar-refractivity contribution in [1.82, 2.24) is 4.57 Å². The fraction of sp³-hybridized carbons (Fsp3) is 0.0556. The first-order valence-corrected chi connectivity index (χ1v) is 8.42. The molecule has 0 atom stereocenters. The number of halogens is 2. The first kappa shape index (κ1) is 16.1. The second kappa shape index (κ2) is 6.76. The highest BCUT2D eigenvalue weighted by Crippen LogP contribution is 2.32. The molecule has 116 valence electrons. The highest BCUT2D eigenvalue weighted by molar-refractivity contribution is 14.1. The van der Waals surface area contributed by atoms with E-state index in [4.69, 9.17) is 16.3 Å². The van der Waals surface area contributed by atoms with Crippen molar-refractivity contribution in [3.8, 4) is 22.8 Å². The molecule has 23 heavy (non-hydrogen) atoms. The Bertz CT molecular complexity index is 856. The number of benzene rings is 2. The van der Waals surface area contributed by atoms with E-state index in [1.165, 1.54) is 6.92 Å². The van der Waals surface area contributed by atoms with E-state index in [9.17, 15) is 4.79 Å². The highest BCUT2D eigenvalue weighted by atomic mass is 127. The molecular weight excluding hydrogens is 425 g/mol. The maximum Gasteiger partial charge on any atom is 0.309 e. The Morgan fingerprint density at radius 2 is 1.83 bits per heavy atom. The van der Waals surface area contributed by atoms with Crippen molar-refractivity contribution in [2.75, 3.05) is 0 Å². The van der Waals surface area contributed by atoms with Crippen LogP contribution in [0.1, 0.15) is 6.92 Å². The summed E-state index contributed by atoms with van der Waals surface area (Å²) in [5.41, 5.74) is 2.86. The molecule has 3 rings (SSSR count). The third kappa shape index (κ3) is 3.59. The van der Waals surface area contributed by atoms with Crippen LogP contribution in [0, 0.1) is 3.57 Å². The summed E-state index contributed by atoms with van der Waals surface area (Å²) < 4.78 is 8.39. The van der Waals surface area contributed by atoms with Crippen molar-refractivity contribution in [3.63, 3.8) is 0 Å². The molecule has 0 radical (unpaired) electrons. The van der Waals surface area contributed by atoms with Gasteiger partial charge in [0.1, 0.15) is 0 Å². The van der Waals surface area contributed by atoms with Crippen LogP contribution in [0.3, 0.4) is 0 Å². The number of carbonyl (C=O) groups excluding carboxylic acids is 1. The third-order valence-electron chi connectivity index (χ3n) is 3.30. The predicted molar refractivity (Wildman–Crippen MR) is 100 cm³/mol. The Labute approximate surface area is 153 Å². The van der Waals surface area contributed by atoms with Gasteiger partial charge in [0.05, 0.1) is 11.4 Å². The Balaban J connectivity index is 2.18. The Hall–Kier alpha value is -1.79. The van der Waals surface area contributed by atoms with Crippen LogP contribution in [0.25, 0.3) is 16.9 Å². The Morgan fingerprint density at radius 1 is 1.09 bits per heavy atom. The monoisotopic (exact) mass is 437 g/mol. The van der Waals surface area contributed by atoms with Gasteiger partial charge in [-0.2, -0.15) is 0 Å². The number of aromatic nitrogens is 1. The van der Waals surface area contributed by atoms with Gasteiger partial charge in [-0.1, -0.05) is 29.8 Å². The van der Waals surface area contributed by atoms with Crippen LogP contribution in [-0.2, 0) is 4.79 Å². The van der Waals surface area contributed by atoms with Gasteiger partial charge in [-0.25, -0.2) is 0 Å². The van der Waals surface area contributed by atoms with Crippen molar-refractivity contribution < 1.29 is 9.53 Å². The van der Waals surface area contributed by atoms with E-state index < -0.39 is 0 Å². The molecule has 0 aliphatic rings. The molecule has 0 saturated carbocycles. The molecule has 5 heteroatoms. The summed E-state index contributed by atoms with van der Waals surface area (Å²) in [5, 5.41) is 0.682. The van der Waals surface area contributed by atoms with Gasteiger partial charge in [-0.3, -0.25) is 9.36 Å². The fourth-order valence-corrected chi connectivity index (χ4v) is 3.03. The lowest BCUT2D eigenvalue weighted by molar-refractivity contribution is -0.132. The smallest absolute Gasteiger partial charge is 0.309 e. The van der Waals surface area contributed by atoms with Crippen LogP contribution >= 0.6 is 34.2 Å². The van der Waals surface area contributed by atoms with Crippen LogP contribution in [0.15, 0.2) is 60.7 Å². The van der Waals surface area contributed by atoms with Gasteiger partial charge in [0.2, 0.25) is 5.88 Å². The van der Waals surface area contributed by atoms with E-state index in [0.717, 1.165) is 20.5 Å². The predicted octanol–water partition coefficient (Wildman–Crippen LogP) is 5.33. The SMILES string of the molecule is CC(=O)Oc1ccc(-c2ccc(Cl)cc2)n1-c1cccc(I)c1. The van der Waals surface area contributed by atoms with Gasteiger partial charge in [0.25, 0.3) is 0 Å². The molecule has 3 nitrogen and oxygen atoms in total. The summed E-state index contributed by atoms with van der Waals surface area (Å²) >= 11 is 8.23. The number of rotatable bonds is 3. The largest absolute Gasteiger partial charge is 0.409 e. The van der Waals surface area contributed by atoms with Gasteiger partial charge in [-0.15, -0.1) is 0 Å². The zero-order chi connectivity index (χ0) is 16.4. The second-order valence-electron chi connectivity index (χ2n) is 4.97. The van der Waals surface area contributed by atoms with Crippen LogP contribution < -0.4 is 4.74 Å². The minimum absolute atomic E-state index is 0.349. The molecule has 2 aromatic carbocycles. The molecule has 0 amide bonds. The molecular formula is C18H13ClINO2. The Morgan fingerprint density at radius 3 is 2.48 bits per heavy atom. The van der Waals surface area contributed by atoms with Gasteiger partial charge >= 0.3 is 5.97 Å². The Kier molecular flexibility index (Phi) is 4.73. The zero-order valence-electron chi connectivity index (χ0n) is 12.3. The molecule has 0 saturated heterocycles. The number of carbonyl (C=O) groups is 1. The van der Waals surface area contributed by atoms with Gasteiger partial charge in [-0.05, 0) is 64.6 Å². The number of hydrogen-bond donors (Lipinski definition) is 0. The minimum Gasteiger partial charge on any atom is -0.409 e. The summed E-state index contributed by atoms with van der Waals surface area (Å²) in [6.45, 7) is 1.40. The molecule has 0 aliphatic heterocycles. The standard InChI is InChI=1S/C18H13ClINO2/c1-12(22)23-18-10-9-17(13-5-7-14(19)8-6-13)21(18)16-4-2-3-15(20)11-16/h2-11H,1H3. The average Bonchev–Trinajstić information content (AvgIpc) is 2.91. The lowest BCUT2D eigenvalue weighted by atomic mass is 10.1. The number of esters is 1. The molecule has 0 aliphatic carbocycles. The zero-order valence-corrected chi connectivity index (χ0v) is 15.2. The van der Waals surface area contributed by atoms with E-state index in [1.807, 2.05) is 59.2 Å². The van der Waals surface area contributed by atoms with E-state index in [0.29, 0.717) is 10.9 Å². The summed E-state index contributed by atoms with van der Waals surface area (Å²) in [6.07, 6.45) is 0.